The number of primary amides is 1. The molecule has 0 spiro atoms. The molecule has 0 atom stereocenters. The predicted octanol–water partition coefficient (Wildman–Crippen LogP) is 1.06. The van der Waals surface area contributed by atoms with E-state index in [4.69, 9.17) is 22.1 Å². The summed E-state index contributed by atoms with van der Waals surface area (Å²) >= 11 is 5.77. The number of carbonyl (C=O) groups is 2. The molecule has 0 aliphatic heterocycles. The van der Waals surface area contributed by atoms with Crippen LogP contribution in [0.15, 0.2) is 18.2 Å². The van der Waals surface area contributed by atoms with Crippen molar-refractivity contribution in [3.8, 4) is 5.75 Å². The van der Waals surface area contributed by atoms with E-state index in [1.165, 1.54) is 0 Å². The summed E-state index contributed by atoms with van der Waals surface area (Å²) in [6.07, 6.45) is 0. The molecular formula is C11H12ClNO4. The van der Waals surface area contributed by atoms with Crippen molar-refractivity contribution < 1.29 is 19.1 Å². The van der Waals surface area contributed by atoms with Gasteiger partial charge in [-0.3, -0.25) is 4.79 Å². The maximum atomic E-state index is 11.1. The van der Waals surface area contributed by atoms with Crippen molar-refractivity contribution in [2.24, 2.45) is 5.73 Å². The lowest BCUT2D eigenvalue weighted by molar-refractivity contribution is -0.149. The first-order valence-corrected chi connectivity index (χ1v) is 5.19. The van der Waals surface area contributed by atoms with E-state index in [9.17, 15) is 9.59 Å². The average molecular weight is 258 g/mol. The standard InChI is InChI=1S/C11H12ClNO4/c1-7-4-8(12)2-3-9(7)16-6-11(15)17-5-10(13)14/h2-4H,5-6H2,1H3,(H2,13,14). The summed E-state index contributed by atoms with van der Waals surface area (Å²) in [7, 11) is 0. The number of esters is 1. The molecule has 1 aromatic carbocycles. The molecule has 1 aromatic rings. The van der Waals surface area contributed by atoms with Gasteiger partial charge in [-0.2, -0.15) is 0 Å². The lowest BCUT2D eigenvalue weighted by Crippen LogP contribution is -2.23. The van der Waals surface area contributed by atoms with Crippen LogP contribution in [0.4, 0.5) is 0 Å². The van der Waals surface area contributed by atoms with E-state index < -0.39 is 18.5 Å². The van der Waals surface area contributed by atoms with Gasteiger partial charge in [-0.25, -0.2) is 4.79 Å². The number of amides is 1. The summed E-state index contributed by atoms with van der Waals surface area (Å²) in [6, 6.07) is 5.02. The van der Waals surface area contributed by atoms with E-state index in [1.807, 2.05) is 0 Å². The average Bonchev–Trinajstić information content (AvgIpc) is 2.25. The number of ether oxygens (including phenoxy) is 2. The van der Waals surface area contributed by atoms with Crippen molar-refractivity contribution in [1.82, 2.24) is 0 Å². The van der Waals surface area contributed by atoms with E-state index in [0.29, 0.717) is 10.8 Å². The Labute approximate surface area is 103 Å². The quantitative estimate of drug-likeness (QED) is 0.800. The molecule has 0 saturated heterocycles. The zero-order valence-electron chi connectivity index (χ0n) is 9.23. The zero-order valence-corrected chi connectivity index (χ0v) is 9.99. The van der Waals surface area contributed by atoms with Crippen molar-refractivity contribution >= 4 is 23.5 Å². The molecule has 0 aromatic heterocycles. The number of halogens is 1. The van der Waals surface area contributed by atoms with Crippen LogP contribution in [0.5, 0.6) is 5.75 Å². The van der Waals surface area contributed by atoms with Gasteiger partial charge >= 0.3 is 5.97 Å². The normalized spacial score (nSPS) is 9.76. The van der Waals surface area contributed by atoms with Gasteiger partial charge in [0, 0.05) is 5.02 Å². The minimum absolute atomic E-state index is 0.282. The Hall–Kier alpha value is -1.75. The van der Waals surface area contributed by atoms with Gasteiger partial charge in [-0.05, 0) is 30.7 Å². The van der Waals surface area contributed by atoms with Crippen LogP contribution in [-0.2, 0) is 14.3 Å². The van der Waals surface area contributed by atoms with Crippen LogP contribution in [0.2, 0.25) is 5.02 Å². The second kappa shape index (κ2) is 6.10. The minimum Gasteiger partial charge on any atom is -0.482 e. The van der Waals surface area contributed by atoms with Crippen LogP contribution < -0.4 is 10.5 Å². The van der Waals surface area contributed by atoms with Crippen molar-refractivity contribution in [3.05, 3.63) is 28.8 Å². The number of rotatable bonds is 5. The van der Waals surface area contributed by atoms with E-state index in [-0.39, 0.29) is 6.61 Å². The summed E-state index contributed by atoms with van der Waals surface area (Å²) in [5, 5.41) is 0.589. The summed E-state index contributed by atoms with van der Waals surface area (Å²) in [6.45, 7) is 1.08. The van der Waals surface area contributed by atoms with Gasteiger partial charge in [0.2, 0.25) is 0 Å². The molecule has 0 aliphatic carbocycles. The Bertz CT molecular complexity index is 433. The monoisotopic (exact) mass is 257 g/mol. The second-order valence-corrected chi connectivity index (χ2v) is 3.76. The first kappa shape index (κ1) is 13.3. The summed E-state index contributed by atoms with van der Waals surface area (Å²) < 4.78 is 9.72. The van der Waals surface area contributed by atoms with Crippen LogP contribution in [0.1, 0.15) is 5.56 Å². The molecular weight excluding hydrogens is 246 g/mol. The van der Waals surface area contributed by atoms with Crippen LogP contribution in [0, 0.1) is 6.92 Å². The third-order valence-corrected chi connectivity index (χ3v) is 2.09. The first-order chi connectivity index (χ1) is 7.99. The van der Waals surface area contributed by atoms with Gasteiger partial charge in [-0.15, -0.1) is 0 Å². The Kier molecular flexibility index (Phi) is 4.78. The van der Waals surface area contributed by atoms with Gasteiger partial charge in [-0.1, -0.05) is 11.6 Å². The van der Waals surface area contributed by atoms with Crippen molar-refractivity contribution in [3.63, 3.8) is 0 Å². The molecule has 6 heteroatoms. The number of aryl methyl sites for hydroxylation is 1. The Morgan fingerprint density at radius 3 is 2.65 bits per heavy atom. The van der Waals surface area contributed by atoms with E-state index >= 15 is 0 Å². The van der Waals surface area contributed by atoms with Gasteiger partial charge < -0.3 is 15.2 Å². The molecule has 0 aliphatic rings. The molecule has 1 amide bonds. The fourth-order valence-corrected chi connectivity index (χ4v) is 1.33. The number of nitrogens with two attached hydrogens (primary N) is 1. The number of hydrogen-bond donors (Lipinski definition) is 1. The van der Waals surface area contributed by atoms with Crippen LogP contribution in [0.25, 0.3) is 0 Å². The molecule has 0 radical (unpaired) electrons. The molecule has 2 N–H and O–H groups in total. The minimum atomic E-state index is -0.707. The molecule has 0 heterocycles. The Morgan fingerprint density at radius 2 is 2.06 bits per heavy atom. The lowest BCUT2D eigenvalue weighted by atomic mass is 10.2. The molecule has 0 bridgehead atoms. The Morgan fingerprint density at radius 1 is 1.35 bits per heavy atom. The zero-order chi connectivity index (χ0) is 12.8. The Balaban J connectivity index is 2.44. The SMILES string of the molecule is Cc1cc(Cl)ccc1OCC(=O)OCC(N)=O. The van der Waals surface area contributed by atoms with E-state index in [1.54, 1.807) is 25.1 Å². The first-order valence-electron chi connectivity index (χ1n) is 4.82. The predicted molar refractivity (Wildman–Crippen MR) is 61.8 cm³/mol. The maximum Gasteiger partial charge on any atom is 0.344 e. The fraction of sp³-hybridized carbons (Fsp3) is 0.273. The summed E-state index contributed by atoms with van der Waals surface area (Å²) in [5.74, 6) is -0.829. The highest BCUT2D eigenvalue weighted by molar-refractivity contribution is 6.30. The number of benzene rings is 1. The third kappa shape index (κ3) is 4.74. The molecule has 1 rings (SSSR count). The van der Waals surface area contributed by atoms with Crippen molar-refractivity contribution in [2.45, 2.75) is 6.92 Å². The highest BCUT2D eigenvalue weighted by atomic mass is 35.5. The molecule has 0 saturated carbocycles. The molecule has 92 valence electrons. The summed E-state index contributed by atoms with van der Waals surface area (Å²) in [4.78, 5) is 21.5. The van der Waals surface area contributed by atoms with E-state index in [2.05, 4.69) is 4.74 Å². The third-order valence-electron chi connectivity index (χ3n) is 1.86. The highest BCUT2D eigenvalue weighted by Crippen LogP contribution is 2.21. The van der Waals surface area contributed by atoms with Gasteiger partial charge in [0.1, 0.15) is 5.75 Å². The maximum absolute atomic E-state index is 11.1. The highest BCUT2D eigenvalue weighted by Gasteiger charge is 2.07. The lowest BCUT2D eigenvalue weighted by Gasteiger charge is -2.08. The largest absolute Gasteiger partial charge is 0.482 e. The second-order valence-electron chi connectivity index (χ2n) is 3.33. The smallest absolute Gasteiger partial charge is 0.344 e. The molecule has 17 heavy (non-hydrogen) atoms. The van der Waals surface area contributed by atoms with Crippen LogP contribution in [-0.4, -0.2) is 25.1 Å². The number of hydrogen-bond acceptors (Lipinski definition) is 4. The summed E-state index contributed by atoms with van der Waals surface area (Å²) in [5.41, 5.74) is 5.62. The molecule has 5 nitrogen and oxygen atoms in total. The van der Waals surface area contributed by atoms with E-state index in [0.717, 1.165) is 5.56 Å². The van der Waals surface area contributed by atoms with Gasteiger partial charge in [0.05, 0.1) is 0 Å². The van der Waals surface area contributed by atoms with Gasteiger partial charge in [0.15, 0.2) is 13.2 Å². The number of carbonyl (C=O) groups excluding carboxylic acids is 2. The fourth-order valence-electron chi connectivity index (χ4n) is 1.10. The molecule has 0 unspecified atom stereocenters. The van der Waals surface area contributed by atoms with Crippen molar-refractivity contribution in [2.75, 3.05) is 13.2 Å². The molecule has 0 fully saturated rings. The van der Waals surface area contributed by atoms with Crippen LogP contribution >= 0.6 is 11.6 Å². The van der Waals surface area contributed by atoms with Crippen molar-refractivity contribution in [1.29, 1.82) is 0 Å². The van der Waals surface area contributed by atoms with Gasteiger partial charge in [0.25, 0.3) is 5.91 Å². The van der Waals surface area contributed by atoms with Crippen LogP contribution in [0.3, 0.4) is 0 Å². The topological polar surface area (TPSA) is 78.6 Å².